The van der Waals surface area contributed by atoms with Crippen LogP contribution >= 0.6 is 24.8 Å². The van der Waals surface area contributed by atoms with Crippen molar-refractivity contribution in [2.75, 3.05) is 0 Å². The van der Waals surface area contributed by atoms with Crippen LogP contribution < -0.4 is 0 Å². The van der Waals surface area contributed by atoms with Crippen LogP contribution in [0.2, 0.25) is 0 Å². The predicted molar refractivity (Wildman–Crippen MR) is 90.2 cm³/mol. The van der Waals surface area contributed by atoms with E-state index in [0.29, 0.717) is 3.63 Å². The van der Waals surface area contributed by atoms with Crippen LogP contribution in [-0.4, -0.2) is 0 Å². The van der Waals surface area contributed by atoms with E-state index in [2.05, 4.69) is 48.6 Å². The molecule has 0 bridgehead atoms. The van der Waals surface area contributed by atoms with Crippen LogP contribution in [0.15, 0.2) is 42.5 Å². The van der Waals surface area contributed by atoms with E-state index in [-0.39, 0.29) is 24.8 Å². The molecule has 4 rings (SSSR count). The second-order valence-electron chi connectivity index (χ2n) is 5.45. The van der Waals surface area contributed by atoms with Gasteiger partial charge in [0.05, 0.1) is 0 Å². The third-order valence-electron chi connectivity index (χ3n) is 4.33. The van der Waals surface area contributed by atoms with E-state index in [4.69, 9.17) is 0 Å². The molecule has 0 aromatic heterocycles. The molecule has 107 valence electrons. The van der Waals surface area contributed by atoms with Gasteiger partial charge >= 0.3 is 130 Å². The Morgan fingerprint density at radius 3 is 2.52 bits per heavy atom. The summed E-state index contributed by atoms with van der Waals surface area (Å²) < 4.78 is 0.663. The van der Waals surface area contributed by atoms with E-state index in [9.17, 15) is 0 Å². The Morgan fingerprint density at radius 2 is 1.76 bits per heavy atom. The Hall–Kier alpha value is -0.357. The molecule has 0 saturated carbocycles. The van der Waals surface area contributed by atoms with Gasteiger partial charge in [0.1, 0.15) is 0 Å². The first-order valence-electron chi connectivity index (χ1n) is 6.98. The van der Waals surface area contributed by atoms with Gasteiger partial charge in [0.25, 0.3) is 0 Å². The third kappa shape index (κ3) is 2.81. The zero-order valence-electron chi connectivity index (χ0n) is 11.6. The Kier molecular flexibility index (Phi) is 5.52. The summed E-state index contributed by atoms with van der Waals surface area (Å²) in [6.07, 6.45) is 8.58. The van der Waals surface area contributed by atoms with E-state index in [1.807, 2.05) is 0 Å². The summed E-state index contributed by atoms with van der Waals surface area (Å²) >= 11 is 1.60. The van der Waals surface area contributed by atoms with Crippen LogP contribution in [0.3, 0.4) is 0 Å². The van der Waals surface area contributed by atoms with Crippen LogP contribution in [0.5, 0.6) is 0 Å². The molecule has 21 heavy (non-hydrogen) atoms. The van der Waals surface area contributed by atoms with Gasteiger partial charge in [0.15, 0.2) is 0 Å². The number of halogens is 2. The Morgan fingerprint density at radius 1 is 1.00 bits per heavy atom. The van der Waals surface area contributed by atoms with Crippen molar-refractivity contribution in [1.82, 2.24) is 0 Å². The monoisotopic (exact) mass is 393 g/mol. The summed E-state index contributed by atoms with van der Waals surface area (Å²) in [5, 5.41) is 0. The molecule has 0 heterocycles. The van der Waals surface area contributed by atoms with E-state index in [1.54, 1.807) is 41.4 Å². The number of allylic oxidation sites excluding steroid dienone is 1. The van der Waals surface area contributed by atoms with Crippen molar-refractivity contribution in [3.63, 3.8) is 0 Å². The second-order valence-corrected chi connectivity index (χ2v) is 6.98. The molecule has 0 saturated heterocycles. The molecular formula is C18H17Cl2Zr. The fourth-order valence-electron chi connectivity index (χ4n) is 3.45. The fourth-order valence-corrected chi connectivity index (χ4v) is 4.28. The predicted octanol–water partition coefficient (Wildman–Crippen LogP) is 5.30. The van der Waals surface area contributed by atoms with E-state index in [1.165, 1.54) is 36.0 Å². The van der Waals surface area contributed by atoms with Gasteiger partial charge in [0.2, 0.25) is 0 Å². The Labute approximate surface area is 153 Å². The van der Waals surface area contributed by atoms with Gasteiger partial charge in [-0.05, 0) is 0 Å². The zero-order chi connectivity index (χ0) is 12.8. The minimum absolute atomic E-state index is 0. The van der Waals surface area contributed by atoms with E-state index >= 15 is 0 Å². The quantitative estimate of drug-likeness (QED) is 0.615. The molecule has 1 unspecified atom stereocenters. The summed E-state index contributed by atoms with van der Waals surface area (Å²) in [4.78, 5) is 0. The van der Waals surface area contributed by atoms with Gasteiger partial charge in [-0.15, -0.1) is 24.8 Å². The van der Waals surface area contributed by atoms with Crippen molar-refractivity contribution < 1.29 is 24.7 Å². The number of benzene rings is 2. The van der Waals surface area contributed by atoms with Crippen LogP contribution in [0.1, 0.15) is 32.3 Å². The molecule has 0 spiro atoms. The first-order chi connectivity index (χ1) is 9.34. The molecule has 1 atom stereocenters. The average molecular weight is 395 g/mol. The Balaban J connectivity index is 0.000000807. The number of hydrogen-bond acceptors (Lipinski definition) is 0. The summed E-state index contributed by atoms with van der Waals surface area (Å²) in [5.74, 6) is 0. The number of fused-ring (bicyclic) bond motifs is 2. The van der Waals surface area contributed by atoms with Gasteiger partial charge in [0, 0.05) is 0 Å². The molecule has 0 N–H and O–H groups in total. The van der Waals surface area contributed by atoms with Gasteiger partial charge in [-0.1, -0.05) is 0 Å². The SMILES string of the molecule is Cl.Cl.[Zr][CH]1C=Cc2c1cc1c(c2-c2ccccc2)CCC1. The molecule has 2 aromatic rings. The maximum atomic E-state index is 2.49. The molecular weight excluding hydrogens is 378 g/mol. The minimum atomic E-state index is 0. The molecule has 3 heteroatoms. The molecule has 0 aliphatic heterocycles. The van der Waals surface area contributed by atoms with Crippen molar-refractivity contribution in [1.29, 1.82) is 0 Å². The van der Waals surface area contributed by atoms with Crippen molar-refractivity contribution in [2.45, 2.75) is 22.9 Å². The molecule has 0 amide bonds. The van der Waals surface area contributed by atoms with Crippen molar-refractivity contribution in [3.8, 4) is 11.1 Å². The van der Waals surface area contributed by atoms with Crippen LogP contribution in [0.4, 0.5) is 0 Å². The van der Waals surface area contributed by atoms with Gasteiger partial charge in [-0.3, -0.25) is 0 Å². The van der Waals surface area contributed by atoms with Crippen LogP contribution in [0, 0.1) is 0 Å². The van der Waals surface area contributed by atoms with Gasteiger partial charge < -0.3 is 0 Å². The summed E-state index contributed by atoms with van der Waals surface area (Å²) in [5.41, 5.74) is 9.19. The summed E-state index contributed by atoms with van der Waals surface area (Å²) in [7, 11) is 0. The summed E-state index contributed by atoms with van der Waals surface area (Å²) in [6.45, 7) is 0. The van der Waals surface area contributed by atoms with E-state index in [0.717, 1.165) is 0 Å². The Bertz CT molecular complexity index is 677. The third-order valence-corrected chi connectivity index (χ3v) is 5.56. The first-order valence-corrected chi connectivity index (χ1v) is 8.40. The van der Waals surface area contributed by atoms with Gasteiger partial charge in [-0.25, -0.2) is 0 Å². The van der Waals surface area contributed by atoms with E-state index < -0.39 is 0 Å². The molecule has 2 aliphatic carbocycles. The number of aryl methyl sites for hydroxylation is 1. The fraction of sp³-hybridized carbons (Fsp3) is 0.222. The second kappa shape index (κ2) is 6.82. The molecule has 0 fully saturated rings. The number of hydrogen-bond donors (Lipinski definition) is 0. The normalized spacial score (nSPS) is 17.6. The molecule has 0 nitrogen and oxygen atoms in total. The average Bonchev–Trinajstić information content (AvgIpc) is 3.05. The molecule has 2 aliphatic rings. The zero-order valence-corrected chi connectivity index (χ0v) is 15.7. The van der Waals surface area contributed by atoms with Crippen molar-refractivity contribution in [2.24, 2.45) is 0 Å². The van der Waals surface area contributed by atoms with Crippen molar-refractivity contribution in [3.05, 3.63) is 64.7 Å². The number of rotatable bonds is 1. The van der Waals surface area contributed by atoms with Crippen LogP contribution in [0.25, 0.3) is 17.2 Å². The van der Waals surface area contributed by atoms with Crippen molar-refractivity contribution >= 4 is 30.9 Å². The standard InChI is InChI=1S/C18H15.2ClH.Zr/c1-2-6-13(7-3-1)18-16-10-4-8-14(16)12-15-9-5-11-17(15)18;;;/h1-4,6-8,10,12H,5,9,11H2;2*1H;. The maximum absolute atomic E-state index is 2.49. The summed E-state index contributed by atoms with van der Waals surface area (Å²) in [6, 6.07) is 13.4. The van der Waals surface area contributed by atoms with Gasteiger partial charge in [-0.2, -0.15) is 0 Å². The first kappa shape index (κ1) is 17.0. The molecule has 2 aromatic carbocycles. The van der Waals surface area contributed by atoms with Crippen LogP contribution in [-0.2, 0) is 37.6 Å². The molecule has 0 radical (unpaired) electrons. The topological polar surface area (TPSA) is 0 Å².